The van der Waals surface area contributed by atoms with Gasteiger partial charge in [0.1, 0.15) is 10.7 Å². The van der Waals surface area contributed by atoms with Gasteiger partial charge in [-0.2, -0.15) is 0 Å². The van der Waals surface area contributed by atoms with Crippen molar-refractivity contribution < 1.29 is 4.79 Å². The molecule has 6 nitrogen and oxygen atoms in total. The first kappa shape index (κ1) is 18.5. The Labute approximate surface area is 174 Å². The summed E-state index contributed by atoms with van der Waals surface area (Å²) in [5.74, 6) is 1.17. The molecule has 0 N–H and O–H groups in total. The highest BCUT2D eigenvalue weighted by atomic mass is 32.1. The van der Waals surface area contributed by atoms with Crippen LogP contribution in [0.5, 0.6) is 0 Å². The van der Waals surface area contributed by atoms with Gasteiger partial charge < -0.3 is 9.47 Å². The molecule has 0 fully saturated rings. The fourth-order valence-corrected chi connectivity index (χ4v) is 5.44. The summed E-state index contributed by atoms with van der Waals surface area (Å²) in [6.45, 7) is 8.01. The summed E-state index contributed by atoms with van der Waals surface area (Å²) in [6, 6.07) is 6.58. The molecule has 0 saturated carbocycles. The third kappa shape index (κ3) is 3.18. The van der Waals surface area contributed by atoms with E-state index in [2.05, 4.69) is 39.7 Å². The van der Waals surface area contributed by atoms with Crippen molar-refractivity contribution in [1.29, 1.82) is 0 Å². The van der Waals surface area contributed by atoms with Crippen LogP contribution in [0.2, 0.25) is 0 Å². The van der Waals surface area contributed by atoms with Crippen molar-refractivity contribution >= 4 is 17.2 Å². The molecule has 29 heavy (non-hydrogen) atoms. The van der Waals surface area contributed by atoms with Gasteiger partial charge in [0.05, 0.1) is 22.6 Å². The van der Waals surface area contributed by atoms with Crippen molar-refractivity contribution in [2.45, 2.75) is 39.9 Å². The highest BCUT2D eigenvalue weighted by molar-refractivity contribution is 7.13. The summed E-state index contributed by atoms with van der Waals surface area (Å²) >= 11 is 1.49. The molecule has 3 aromatic rings. The van der Waals surface area contributed by atoms with E-state index in [9.17, 15) is 4.79 Å². The largest absolute Gasteiger partial charge is 0.336 e. The van der Waals surface area contributed by atoms with E-state index < -0.39 is 0 Å². The minimum atomic E-state index is 0.0997. The van der Waals surface area contributed by atoms with Crippen molar-refractivity contribution in [3.05, 3.63) is 56.9 Å². The van der Waals surface area contributed by atoms with Crippen molar-refractivity contribution in [3.63, 3.8) is 0 Å². The first-order valence-electron chi connectivity index (χ1n) is 10.1. The molecule has 0 spiro atoms. The summed E-state index contributed by atoms with van der Waals surface area (Å²) in [5, 5.41) is 0.943. The van der Waals surface area contributed by atoms with Crippen LogP contribution in [0.1, 0.15) is 37.3 Å². The van der Waals surface area contributed by atoms with Crippen LogP contribution in [0.3, 0.4) is 0 Å². The van der Waals surface area contributed by atoms with Crippen molar-refractivity contribution in [3.8, 4) is 11.3 Å². The molecule has 0 unspecified atom stereocenters. The van der Waals surface area contributed by atoms with Gasteiger partial charge in [-0.05, 0) is 32.0 Å². The minimum Gasteiger partial charge on any atom is -0.336 e. The molecule has 0 aliphatic carbocycles. The van der Waals surface area contributed by atoms with E-state index in [1.54, 1.807) is 0 Å². The Balaban J connectivity index is 1.43. The van der Waals surface area contributed by atoms with Gasteiger partial charge in [0.2, 0.25) is 0 Å². The van der Waals surface area contributed by atoms with Crippen LogP contribution in [0.25, 0.3) is 11.3 Å². The van der Waals surface area contributed by atoms with Crippen molar-refractivity contribution in [1.82, 2.24) is 24.3 Å². The normalized spacial score (nSPS) is 16.6. The van der Waals surface area contributed by atoms with Crippen LogP contribution >= 0.6 is 11.3 Å². The van der Waals surface area contributed by atoms with Gasteiger partial charge in [0, 0.05) is 44.7 Å². The highest BCUT2D eigenvalue weighted by Crippen LogP contribution is 2.33. The number of hydrogen-bond acceptors (Lipinski definition) is 5. The van der Waals surface area contributed by atoms with E-state index in [-0.39, 0.29) is 5.91 Å². The molecule has 0 atom stereocenters. The maximum Gasteiger partial charge on any atom is 0.265 e. The van der Waals surface area contributed by atoms with Crippen LogP contribution in [-0.2, 0) is 26.1 Å². The second kappa shape index (κ2) is 7.07. The molecular weight excluding hydrogens is 382 g/mol. The first-order chi connectivity index (χ1) is 14.0. The predicted octanol–water partition coefficient (Wildman–Crippen LogP) is 3.27. The van der Waals surface area contributed by atoms with E-state index >= 15 is 0 Å². The summed E-state index contributed by atoms with van der Waals surface area (Å²) in [6.07, 6.45) is 2.79. The quantitative estimate of drug-likeness (QED) is 0.654. The van der Waals surface area contributed by atoms with E-state index in [0.717, 1.165) is 47.5 Å². The number of nitrogens with zero attached hydrogens (tertiary/aromatic N) is 5. The number of amides is 1. The lowest BCUT2D eigenvalue weighted by atomic mass is 10.0. The Hall–Kier alpha value is -2.51. The molecule has 2 aromatic heterocycles. The van der Waals surface area contributed by atoms with Gasteiger partial charge >= 0.3 is 0 Å². The smallest absolute Gasteiger partial charge is 0.265 e. The van der Waals surface area contributed by atoms with E-state index in [4.69, 9.17) is 4.98 Å². The summed E-state index contributed by atoms with van der Waals surface area (Å²) < 4.78 is 2.31. The topological polar surface area (TPSA) is 54.3 Å². The standard InChI is InChI=1S/C22H25N5OS/c1-14-21(29-15(2)24-14)22(28)26-8-7-20-23-11-19(27(20)10-9-26)17-6-4-5-16-12-25(3)13-18(16)17/h4-6,11H,7-10,12-13H2,1-3H3. The molecule has 1 aromatic carbocycles. The molecule has 0 radical (unpaired) electrons. The van der Waals surface area contributed by atoms with Crippen LogP contribution in [0, 0.1) is 13.8 Å². The molecule has 150 valence electrons. The molecule has 7 heteroatoms. The molecular formula is C22H25N5OS. The fourth-order valence-electron chi connectivity index (χ4n) is 4.55. The maximum atomic E-state index is 13.1. The first-order valence-corrected chi connectivity index (χ1v) is 10.9. The molecule has 2 aliphatic heterocycles. The molecule has 5 rings (SSSR count). The number of fused-ring (bicyclic) bond motifs is 2. The number of hydrogen-bond donors (Lipinski definition) is 0. The number of aromatic nitrogens is 3. The second-order valence-corrected chi connectivity index (χ2v) is 9.22. The summed E-state index contributed by atoms with van der Waals surface area (Å²) in [5.41, 5.74) is 6.10. The molecule has 0 saturated heterocycles. The molecule has 1 amide bonds. The number of benzene rings is 1. The Kier molecular flexibility index (Phi) is 4.52. The number of thiazole rings is 1. The zero-order chi connectivity index (χ0) is 20.1. The maximum absolute atomic E-state index is 13.1. The SMILES string of the molecule is Cc1nc(C)c(C(=O)N2CCc3ncc(-c4cccc5c4CN(C)C5)n3CC2)s1. The van der Waals surface area contributed by atoms with E-state index in [1.807, 2.05) is 24.9 Å². The van der Waals surface area contributed by atoms with Gasteiger partial charge in [-0.1, -0.05) is 18.2 Å². The minimum absolute atomic E-state index is 0.0997. The van der Waals surface area contributed by atoms with Crippen LogP contribution < -0.4 is 0 Å². The van der Waals surface area contributed by atoms with Gasteiger partial charge in [-0.3, -0.25) is 9.69 Å². The second-order valence-electron chi connectivity index (χ2n) is 8.02. The average Bonchev–Trinajstić information content (AvgIpc) is 3.32. The highest BCUT2D eigenvalue weighted by Gasteiger charge is 2.26. The van der Waals surface area contributed by atoms with Crippen LogP contribution in [-0.4, -0.2) is 50.4 Å². The summed E-state index contributed by atoms with van der Waals surface area (Å²) in [7, 11) is 2.16. The number of imidazole rings is 1. The third-order valence-corrected chi connectivity index (χ3v) is 7.00. The zero-order valence-electron chi connectivity index (χ0n) is 17.1. The third-order valence-electron chi connectivity index (χ3n) is 5.94. The van der Waals surface area contributed by atoms with Gasteiger partial charge in [-0.15, -0.1) is 11.3 Å². The van der Waals surface area contributed by atoms with E-state index in [1.165, 1.54) is 33.7 Å². The van der Waals surface area contributed by atoms with Crippen LogP contribution in [0.15, 0.2) is 24.4 Å². The summed E-state index contributed by atoms with van der Waals surface area (Å²) in [4.78, 5) is 27.3. The lowest BCUT2D eigenvalue weighted by molar-refractivity contribution is 0.0763. The number of aryl methyl sites for hydroxylation is 2. The Morgan fingerprint density at radius 1 is 1.14 bits per heavy atom. The molecule has 4 heterocycles. The molecule has 2 aliphatic rings. The number of rotatable bonds is 2. The van der Waals surface area contributed by atoms with Gasteiger partial charge in [-0.25, -0.2) is 9.97 Å². The Bertz CT molecular complexity index is 1100. The Morgan fingerprint density at radius 3 is 2.79 bits per heavy atom. The monoisotopic (exact) mass is 407 g/mol. The van der Waals surface area contributed by atoms with Gasteiger partial charge in [0.25, 0.3) is 5.91 Å². The van der Waals surface area contributed by atoms with Crippen molar-refractivity contribution in [2.75, 3.05) is 20.1 Å². The van der Waals surface area contributed by atoms with Gasteiger partial charge in [0.15, 0.2) is 0 Å². The van der Waals surface area contributed by atoms with Crippen LogP contribution in [0.4, 0.5) is 0 Å². The number of carbonyl (C=O) groups excluding carboxylic acids is 1. The Morgan fingerprint density at radius 2 is 2.00 bits per heavy atom. The number of carbonyl (C=O) groups is 1. The zero-order valence-corrected chi connectivity index (χ0v) is 17.9. The fraction of sp³-hybridized carbons (Fsp3) is 0.409. The predicted molar refractivity (Wildman–Crippen MR) is 114 cm³/mol. The molecule has 0 bridgehead atoms. The van der Waals surface area contributed by atoms with E-state index in [0.29, 0.717) is 13.1 Å². The lowest BCUT2D eigenvalue weighted by Gasteiger charge is -2.20. The average molecular weight is 408 g/mol. The lowest BCUT2D eigenvalue weighted by Crippen LogP contribution is -2.33. The van der Waals surface area contributed by atoms with Crippen molar-refractivity contribution in [2.24, 2.45) is 0 Å².